The molecule has 0 spiro atoms. The van der Waals surface area contributed by atoms with E-state index in [1.54, 1.807) is 23.9 Å². The molecule has 0 saturated carbocycles. The van der Waals surface area contributed by atoms with E-state index < -0.39 is 0 Å². The minimum absolute atomic E-state index is 0. The van der Waals surface area contributed by atoms with Crippen LogP contribution in [0.15, 0.2) is 23.1 Å². The average Bonchev–Trinajstić information content (AvgIpc) is 2.27. The number of hydrogen-bond donors (Lipinski definition) is 2. The highest BCUT2D eigenvalue weighted by atomic mass is 35.5. The van der Waals surface area contributed by atoms with E-state index in [2.05, 4.69) is 10.6 Å². The molecule has 1 amide bonds. The summed E-state index contributed by atoms with van der Waals surface area (Å²) in [7, 11) is 0. The largest absolute Gasteiger partial charge is 0.349 e. The maximum atomic E-state index is 13.3. The maximum absolute atomic E-state index is 13.3. The second kappa shape index (κ2) is 6.11. The Kier molecular flexibility index (Phi) is 4.71. The Morgan fingerprint density at radius 3 is 2.89 bits per heavy atom. The van der Waals surface area contributed by atoms with E-state index in [1.807, 2.05) is 0 Å². The predicted molar refractivity (Wildman–Crippen MR) is 76.2 cm³/mol. The first kappa shape index (κ1) is 14.6. The molecule has 0 aromatic heterocycles. The summed E-state index contributed by atoms with van der Waals surface area (Å²) in [4.78, 5) is 13.0. The van der Waals surface area contributed by atoms with Crippen molar-refractivity contribution in [2.24, 2.45) is 5.92 Å². The van der Waals surface area contributed by atoms with Crippen molar-refractivity contribution in [3.63, 3.8) is 0 Å². The highest BCUT2D eigenvalue weighted by Gasteiger charge is 2.29. The maximum Gasteiger partial charge on any atom is 0.226 e. The summed E-state index contributed by atoms with van der Waals surface area (Å²) in [5.74, 6) is 0.894. The molecular formula is C13H16ClFN2OS. The van der Waals surface area contributed by atoms with E-state index in [1.165, 1.54) is 6.07 Å². The van der Waals surface area contributed by atoms with Gasteiger partial charge in [0.15, 0.2) is 0 Å². The third kappa shape index (κ3) is 3.04. The Balaban J connectivity index is 0.00000133. The van der Waals surface area contributed by atoms with E-state index in [4.69, 9.17) is 0 Å². The Labute approximate surface area is 122 Å². The number of thioether (sulfide) groups is 1. The molecule has 2 aliphatic heterocycles. The summed E-state index contributed by atoms with van der Waals surface area (Å²) in [5.41, 5.74) is 0.923. The highest BCUT2D eigenvalue weighted by molar-refractivity contribution is 7.99. The molecule has 0 radical (unpaired) electrons. The molecule has 2 N–H and O–H groups in total. The smallest absolute Gasteiger partial charge is 0.226 e. The lowest BCUT2D eigenvalue weighted by Gasteiger charge is -2.31. The Bertz CT molecular complexity index is 482. The van der Waals surface area contributed by atoms with E-state index >= 15 is 0 Å². The molecule has 0 aliphatic carbocycles. The molecule has 2 aliphatic rings. The van der Waals surface area contributed by atoms with Gasteiger partial charge in [-0.3, -0.25) is 4.79 Å². The lowest BCUT2D eigenvalue weighted by molar-refractivity contribution is -0.127. The van der Waals surface area contributed by atoms with E-state index in [0.717, 1.165) is 35.7 Å². The van der Waals surface area contributed by atoms with Crippen LogP contribution in [0, 0.1) is 11.7 Å². The van der Waals surface area contributed by atoms with Crippen molar-refractivity contribution in [3.8, 4) is 0 Å². The standard InChI is InChI=1S/C13H15FN2OS.ClH/c14-9-1-2-12-10(5-9)11(3-4-18-12)16-13(17)8-6-15-7-8;/h1-2,5,8,11,15H,3-4,6-7H2,(H,16,17);1H. The Morgan fingerprint density at radius 2 is 2.21 bits per heavy atom. The molecule has 6 heteroatoms. The molecule has 3 nitrogen and oxygen atoms in total. The number of rotatable bonds is 2. The molecule has 104 valence electrons. The van der Waals surface area contributed by atoms with Crippen molar-refractivity contribution >= 4 is 30.1 Å². The fourth-order valence-corrected chi connectivity index (χ4v) is 3.38. The van der Waals surface area contributed by atoms with Gasteiger partial charge in [-0.2, -0.15) is 0 Å². The van der Waals surface area contributed by atoms with Gasteiger partial charge in [-0.05, 0) is 30.2 Å². The molecule has 1 aromatic rings. The molecule has 0 bridgehead atoms. The zero-order valence-electron chi connectivity index (χ0n) is 10.3. The monoisotopic (exact) mass is 302 g/mol. The first-order chi connectivity index (χ1) is 8.74. The summed E-state index contributed by atoms with van der Waals surface area (Å²) in [5, 5.41) is 6.13. The molecule has 1 aromatic carbocycles. The minimum Gasteiger partial charge on any atom is -0.349 e. The van der Waals surface area contributed by atoms with Crippen LogP contribution in [-0.2, 0) is 4.79 Å². The first-order valence-corrected chi connectivity index (χ1v) is 7.16. The third-order valence-corrected chi connectivity index (χ3v) is 4.60. The van der Waals surface area contributed by atoms with Crippen LogP contribution >= 0.6 is 24.2 Å². The summed E-state index contributed by atoms with van der Waals surface area (Å²) < 4.78 is 13.3. The van der Waals surface area contributed by atoms with Gasteiger partial charge >= 0.3 is 0 Å². The molecule has 1 unspecified atom stereocenters. The number of carbonyl (C=O) groups is 1. The fourth-order valence-electron chi connectivity index (χ4n) is 2.28. The Hall–Kier alpha value is -0.780. The number of benzene rings is 1. The molecular weight excluding hydrogens is 287 g/mol. The summed E-state index contributed by atoms with van der Waals surface area (Å²) >= 11 is 1.73. The molecule has 19 heavy (non-hydrogen) atoms. The molecule has 1 saturated heterocycles. The zero-order chi connectivity index (χ0) is 12.5. The van der Waals surface area contributed by atoms with Gasteiger partial charge < -0.3 is 10.6 Å². The van der Waals surface area contributed by atoms with Crippen molar-refractivity contribution in [2.75, 3.05) is 18.8 Å². The molecule has 3 rings (SSSR count). The average molecular weight is 303 g/mol. The topological polar surface area (TPSA) is 41.1 Å². The van der Waals surface area contributed by atoms with Crippen molar-refractivity contribution in [1.29, 1.82) is 0 Å². The van der Waals surface area contributed by atoms with E-state index in [0.29, 0.717) is 0 Å². The number of hydrogen-bond acceptors (Lipinski definition) is 3. The Morgan fingerprint density at radius 1 is 1.42 bits per heavy atom. The zero-order valence-corrected chi connectivity index (χ0v) is 12.0. The lowest BCUT2D eigenvalue weighted by Crippen LogP contribution is -2.51. The number of nitrogens with one attached hydrogen (secondary N) is 2. The van der Waals surface area contributed by atoms with Crippen molar-refractivity contribution in [1.82, 2.24) is 10.6 Å². The van der Waals surface area contributed by atoms with Crippen LogP contribution in [0.25, 0.3) is 0 Å². The van der Waals surface area contributed by atoms with E-state index in [9.17, 15) is 9.18 Å². The van der Waals surface area contributed by atoms with Crippen LogP contribution in [-0.4, -0.2) is 24.7 Å². The summed E-state index contributed by atoms with van der Waals surface area (Å²) in [6, 6.07) is 4.79. The molecule has 1 fully saturated rings. The van der Waals surface area contributed by atoms with Crippen LogP contribution in [0.5, 0.6) is 0 Å². The van der Waals surface area contributed by atoms with Gasteiger partial charge in [0.05, 0.1) is 12.0 Å². The van der Waals surface area contributed by atoms with Crippen LogP contribution in [0.2, 0.25) is 0 Å². The third-order valence-electron chi connectivity index (χ3n) is 3.48. The van der Waals surface area contributed by atoms with Crippen LogP contribution < -0.4 is 10.6 Å². The first-order valence-electron chi connectivity index (χ1n) is 6.17. The van der Waals surface area contributed by atoms with Gasteiger partial charge in [0.2, 0.25) is 5.91 Å². The van der Waals surface area contributed by atoms with Gasteiger partial charge in [0.25, 0.3) is 0 Å². The van der Waals surface area contributed by atoms with Crippen molar-refractivity contribution < 1.29 is 9.18 Å². The van der Waals surface area contributed by atoms with E-state index in [-0.39, 0.29) is 36.1 Å². The predicted octanol–water partition coefficient (Wildman–Crippen LogP) is 2.12. The highest BCUT2D eigenvalue weighted by Crippen LogP contribution is 2.36. The van der Waals surface area contributed by atoms with Gasteiger partial charge in [0, 0.05) is 23.7 Å². The normalized spacial score (nSPS) is 21.8. The lowest BCUT2D eigenvalue weighted by atomic mass is 9.99. The van der Waals surface area contributed by atoms with Crippen molar-refractivity contribution in [2.45, 2.75) is 17.4 Å². The number of fused-ring (bicyclic) bond motifs is 1. The van der Waals surface area contributed by atoms with Crippen LogP contribution in [0.1, 0.15) is 18.0 Å². The van der Waals surface area contributed by atoms with Crippen LogP contribution in [0.4, 0.5) is 4.39 Å². The SMILES string of the molecule is Cl.O=C(NC1CCSc2ccc(F)cc21)C1CNC1. The summed E-state index contributed by atoms with van der Waals surface area (Å²) in [6.07, 6.45) is 0.868. The number of amides is 1. The van der Waals surface area contributed by atoms with Gasteiger partial charge in [-0.1, -0.05) is 0 Å². The molecule has 1 atom stereocenters. The number of halogens is 2. The van der Waals surface area contributed by atoms with Gasteiger partial charge in [-0.15, -0.1) is 24.2 Å². The molecule has 2 heterocycles. The fraction of sp³-hybridized carbons (Fsp3) is 0.462. The number of carbonyl (C=O) groups excluding carboxylic acids is 1. The minimum atomic E-state index is -0.235. The second-order valence-electron chi connectivity index (χ2n) is 4.74. The van der Waals surface area contributed by atoms with Gasteiger partial charge in [-0.25, -0.2) is 4.39 Å². The van der Waals surface area contributed by atoms with Gasteiger partial charge in [0.1, 0.15) is 5.82 Å². The van der Waals surface area contributed by atoms with Crippen LogP contribution in [0.3, 0.4) is 0 Å². The summed E-state index contributed by atoms with van der Waals surface area (Å²) in [6.45, 7) is 1.51. The second-order valence-corrected chi connectivity index (χ2v) is 5.87. The quantitative estimate of drug-likeness (QED) is 0.879. The van der Waals surface area contributed by atoms with Crippen molar-refractivity contribution in [3.05, 3.63) is 29.6 Å².